The van der Waals surface area contributed by atoms with Crippen molar-refractivity contribution in [1.82, 2.24) is 0 Å². The van der Waals surface area contributed by atoms with E-state index in [0.717, 1.165) is 18.2 Å². The molecule has 0 fully saturated rings. The maximum absolute atomic E-state index is 11.8. The molecule has 0 aliphatic rings. The molecule has 0 saturated carbocycles. The minimum Gasteiger partial charge on any atom is -0.478 e. The lowest BCUT2D eigenvalue weighted by atomic mass is 9.79. The van der Waals surface area contributed by atoms with Gasteiger partial charge in [-0.3, -0.25) is 4.94 Å². The van der Waals surface area contributed by atoms with Crippen molar-refractivity contribution in [1.29, 1.82) is 0 Å². The molecule has 0 heterocycles. The second-order valence-corrected chi connectivity index (χ2v) is 2.55. The van der Waals surface area contributed by atoms with E-state index < -0.39 is 18.8 Å². The Morgan fingerprint density at radius 2 is 2.00 bits per heavy atom. The highest BCUT2D eigenvalue weighted by Gasteiger charge is 2.16. The molecule has 5 nitrogen and oxygen atoms in total. The maximum Gasteiger partial charge on any atom is 0.488 e. The molecule has 0 spiro atoms. The quantitative estimate of drug-likeness (QED) is 0.563. The van der Waals surface area contributed by atoms with E-state index in [9.17, 15) is 9.32 Å². The molecule has 0 atom stereocenters. The fourth-order valence-electron chi connectivity index (χ4n) is 0.939. The summed E-state index contributed by atoms with van der Waals surface area (Å²) in [5.74, 6) is -1.71. The van der Waals surface area contributed by atoms with Crippen LogP contribution in [0.15, 0.2) is 18.2 Å². The van der Waals surface area contributed by atoms with Gasteiger partial charge in [0.25, 0.3) is 0 Å². The molecular formula is C7H6BFO5. The van der Waals surface area contributed by atoms with Crippen LogP contribution in [0.3, 0.4) is 0 Å². The van der Waals surface area contributed by atoms with Gasteiger partial charge in [-0.25, -0.2) is 4.79 Å². The van der Waals surface area contributed by atoms with Gasteiger partial charge in [-0.2, -0.15) is 0 Å². The summed E-state index contributed by atoms with van der Waals surface area (Å²) >= 11 is 0. The Hall–Kier alpha value is -1.60. The zero-order valence-corrected chi connectivity index (χ0v) is 6.85. The van der Waals surface area contributed by atoms with Crippen LogP contribution in [-0.4, -0.2) is 28.2 Å². The van der Waals surface area contributed by atoms with E-state index in [1.54, 1.807) is 0 Å². The van der Waals surface area contributed by atoms with Crippen LogP contribution in [0, 0.1) is 0 Å². The number of aromatic carboxylic acids is 1. The van der Waals surface area contributed by atoms with Crippen molar-refractivity contribution >= 4 is 18.6 Å². The van der Waals surface area contributed by atoms with E-state index in [0.29, 0.717) is 0 Å². The average molecular weight is 200 g/mol. The molecule has 74 valence electrons. The Morgan fingerprint density at radius 3 is 2.43 bits per heavy atom. The highest BCUT2D eigenvalue weighted by atomic mass is 19.3. The predicted molar refractivity (Wildman–Crippen MR) is 45.0 cm³/mol. The lowest BCUT2D eigenvalue weighted by Crippen LogP contribution is -2.30. The van der Waals surface area contributed by atoms with Crippen LogP contribution in [0.25, 0.3) is 0 Å². The summed E-state index contributed by atoms with van der Waals surface area (Å²) in [5, 5.41) is 26.0. The van der Waals surface area contributed by atoms with Crippen LogP contribution in [0.1, 0.15) is 10.4 Å². The van der Waals surface area contributed by atoms with Gasteiger partial charge in [0, 0.05) is 4.53 Å². The molecule has 0 amide bonds. The first kappa shape index (κ1) is 10.5. The molecule has 7 heteroatoms. The van der Waals surface area contributed by atoms with Gasteiger partial charge in [-0.1, -0.05) is 0 Å². The number of carboxylic acid groups (broad SMARTS) is 1. The molecule has 1 rings (SSSR count). The van der Waals surface area contributed by atoms with Gasteiger partial charge in [-0.15, -0.1) is 0 Å². The topological polar surface area (TPSA) is 87.0 Å². The third-order valence-corrected chi connectivity index (χ3v) is 1.56. The third kappa shape index (κ3) is 2.21. The summed E-state index contributed by atoms with van der Waals surface area (Å²) < 4.78 is 11.8. The molecule has 0 aliphatic carbocycles. The first-order chi connectivity index (χ1) is 6.54. The van der Waals surface area contributed by atoms with Crippen LogP contribution in [0.2, 0.25) is 0 Å². The van der Waals surface area contributed by atoms with Crippen molar-refractivity contribution in [3.8, 4) is 5.75 Å². The molecule has 0 radical (unpaired) electrons. The van der Waals surface area contributed by atoms with E-state index in [1.165, 1.54) is 0 Å². The zero-order chi connectivity index (χ0) is 10.7. The number of carboxylic acids is 1. The molecule has 0 saturated heterocycles. The third-order valence-electron chi connectivity index (χ3n) is 1.56. The largest absolute Gasteiger partial charge is 0.488 e. The smallest absolute Gasteiger partial charge is 0.478 e. The van der Waals surface area contributed by atoms with Gasteiger partial charge in [0.05, 0.1) is 5.56 Å². The molecule has 1 aromatic rings. The normalized spacial score (nSPS) is 9.64. The van der Waals surface area contributed by atoms with E-state index in [-0.39, 0.29) is 11.0 Å². The van der Waals surface area contributed by atoms with Crippen molar-refractivity contribution in [3.63, 3.8) is 0 Å². The summed E-state index contributed by atoms with van der Waals surface area (Å²) in [6, 6.07) is 2.92. The Balaban J connectivity index is 3.20. The number of halogens is 1. The van der Waals surface area contributed by atoms with Crippen molar-refractivity contribution < 1.29 is 29.4 Å². The summed E-state index contributed by atoms with van der Waals surface area (Å²) in [4.78, 5) is 13.8. The van der Waals surface area contributed by atoms with Gasteiger partial charge in [0.1, 0.15) is 0 Å². The molecule has 0 aromatic heterocycles. The molecule has 3 N–H and O–H groups in total. The zero-order valence-electron chi connectivity index (χ0n) is 6.85. The molecule has 0 unspecified atom stereocenters. The van der Waals surface area contributed by atoms with Gasteiger partial charge in [-0.05, 0) is 23.7 Å². The highest BCUT2D eigenvalue weighted by Crippen LogP contribution is 2.12. The van der Waals surface area contributed by atoms with Gasteiger partial charge >= 0.3 is 13.1 Å². The first-order valence-corrected chi connectivity index (χ1v) is 3.57. The van der Waals surface area contributed by atoms with Gasteiger partial charge in [0.15, 0.2) is 5.75 Å². The van der Waals surface area contributed by atoms with Gasteiger partial charge in [0.2, 0.25) is 0 Å². The summed E-state index contributed by atoms with van der Waals surface area (Å²) in [6.45, 7) is 0. The molecular weight excluding hydrogens is 194 g/mol. The predicted octanol–water partition coefficient (Wildman–Crippen LogP) is -0.672. The summed E-state index contributed by atoms with van der Waals surface area (Å²) in [6.07, 6.45) is 0. The average Bonchev–Trinajstić information content (AvgIpc) is 2.16. The van der Waals surface area contributed by atoms with Crippen molar-refractivity contribution in [2.75, 3.05) is 0 Å². The van der Waals surface area contributed by atoms with Crippen molar-refractivity contribution in [2.24, 2.45) is 0 Å². The Labute approximate surface area is 78.4 Å². The van der Waals surface area contributed by atoms with Crippen LogP contribution in [0.5, 0.6) is 5.75 Å². The minimum absolute atomic E-state index is 0.155. The highest BCUT2D eigenvalue weighted by molar-refractivity contribution is 6.58. The van der Waals surface area contributed by atoms with E-state index in [2.05, 4.69) is 4.94 Å². The minimum atomic E-state index is -1.87. The first-order valence-electron chi connectivity index (χ1n) is 3.57. The number of rotatable bonds is 3. The van der Waals surface area contributed by atoms with E-state index in [1.807, 2.05) is 0 Å². The van der Waals surface area contributed by atoms with Crippen molar-refractivity contribution in [2.45, 2.75) is 0 Å². The Kier molecular flexibility index (Phi) is 3.05. The standard InChI is InChI=1S/C7H6BFO5/c9-14-6-2-4(7(10)11)1-5(3-6)8(12)13/h1-3,12-13H,(H,10,11). The lowest BCUT2D eigenvalue weighted by molar-refractivity contribution is -0.00623. The number of hydrogen-bond acceptors (Lipinski definition) is 4. The fourth-order valence-corrected chi connectivity index (χ4v) is 0.939. The Bertz CT molecular complexity index is 354. The maximum atomic E-state index is 11.8. The molecule has 1 aromatic carbocycles. The molecule has 0 bridgehead atoms. The van der Waals surface area contributed by atoms with Crippen LogP contribution < -0.4 is 10.4 Å². The fraction of sp³-hybridized carbons (Fsp3) is 0. The number of carbonyl (C=O) groups is 1. The summed E-state index contributed by atoms with van der Waals surface area (Å²) in [7, 11) is -1.87. The SMILES string of the molecule is O=C(O)c1cc(OF)cc(B(O)O)c1. The van der Waals surface area contributed by atoms with Crippen LogP contribution in [0.4, 0.5) is 4.53 Å². The molecule has 0 aliphatic heterocycles. The number of benzene rings is 1. The second kappa shape index (κ2) is 4.08. The summed E-state index contributed by atoms with van der Waals surface area (Å²) in [5.41, 5.74) is -0.444. The van der Waals surface area contributed by atoms with Crippen molar-refractivity contribution in [3.05, 3.63) is 23.8 Å². The van der Waals surface area contributed by atoms with Crippen LogP contribution in [-0.2, 0) is 0 Å². The monoisotopic (exact) mass is 200 g/mol. The van der Waals surface area contributed by atoms with Crippen LogP contribution >= 0.6 is 0 Å². The molecule has 14 heavy (non-hydrogen) atoms. The van der Waals surface area contributed by atoms with Gasteiger partial charge < -0.3 is 15.2 Å². The lowest BCUT2D eigenvalue weighted by Gasteiger charge is -2.03. The van der Waals surface area contributed by atoms with E-state index >= 15 is 0 Å². The Morgan fingerprint density at radius 1 is 1.36 bits per heavy atom. The second-order valence-electron chi connectivity index (χ2n) is 2.55. The van der Waals surface area contributed by atoms with E-state index in [4.69, 9.17) is 15.2 Å². The number of hydrogen-bond donors (Lipinski definition) is 3.